The number of H-pyrrole nitrogens is 1. The number of aromatic amines is 1. The van der Waals surface area contributed by atoms with Crippen molar-refractivity contribution in [2.75, 3.05) is 5.32 Å². The van der Waals surface area contributed by atoms with Gasteiger partial charge in [-0.3, -0.25) is 9.59 Å². The van der Waals surface area contributed by atoms with Crippen LogP contribution < -0.4 is 5.32 Å². The Hall–Kier alpha value is -2.95. The van der Waals surface area contributed by atoms with Gasteiger partial charge in [0.05, 0.1) is 11.3 Å². The van der Waals surface area contributed by atoms with Gasteiger partial charge in [-0.25, -0.2) is 4.39 Å². The van der Waals surface area contributed by atoms with E-state index in [1.165, 1.54) is 24.4 Å². The average Bonchev–Trinajstić information content (AvgIpc) is 3.00. The number of amides is 1. The number of nitrogens with one attached hydrogen (secondary N) is 2. The first-order valence-corrected chi connectivity index (χ1v) is 7.31. The number of carbonyl (C=O) groups excluding carboxylic acids is 2. The third kappa shape index (κ3) is 2.73. The molecule has 0 saturated heterocycles. The molecule has 0 unspecified atom stereocenters. The molecule has 2 N–H and O–H groups in total. The van der Waals surface area contributed by atoms with Crippen LogP contribution in [0.25, 0.3) is 10.9 Å². The Labute approximate surface area is 132 Å². The lowest BCUT2D eigenvalue weighted by molar-refractivity contribution is -0.112. The van der Waals surface area contributed by atoms with Crippen LogP contribution in [0.3, 0.4) is 0 Å². The largest absolute Gasteiger partial charge is 0.360 e. The number of halogens is 1. The van der Waals surface area contributed by atoms with Crippen LogP contribution in [0, 0.1) is 5.82 Å². The lowest BCUT2D eigenvalue weighted by Gasteiger charge is -2.05. The summed E-state index contributed by atoms with van der Waals surface area (Å²) in [6.45, 7) is 2.02. The number of fused-ring (bicyclic) bond motifs is 1. The van der Waals surface area contributed by atoms with Crippen LogP contribution in [-0.4, -0.2) is 16.7 Å². The van der Waals surface area contributed by atoms with Crippen LogP contribution >= 0.6 is 0 Å². The van der Waals surface area contributed by atoms with Crippen LogP contribution in [0.2, 0.25) is 0 Å². The summed E-state index contributed by atoms with van der Waals surface area (Å²) >= 11 is 0. The molecule has 0 aliphatic carbocycles. The molecule has 1 aromatic heterocycles. The van der Waals surface area contributed by atoms with Crippen molar-refractivity contribution in [2.45, 2.75) is 13.3 Å². The molecular formula is C18H15FN2O2. The Morgan fingerprint density at radius 2 is 1.91 bits per heavy atom. The number of aryl methyl sites for hydroxylation is 1. The molecule has 1 heterocycles. The maximum absolute atomic E-state index is 13.6. The maximum Gasteiger partial charge on any atom is 0.296 e. The summed E-state index contributed by atoms with van der Waals surface area (Å²) in [7, 11) is 0. The van der Waals surface area contributed by atoms with E-state index in [1.807, 2.05) is 19.1 Å². The van der Waals surface area contributed by atoms with Gasteiger partial charge >= 0.3 is 0 Å². The standard InChI is InChI=1S/C18H15FN2O2/c1-2-11-6-5-7-12-13(10-20-16(11)12)17(22)18(23)21-15-9-4-3-8-14(15)19/h3-10,20H,2H2,1H3,(H,21,23). The summed E-state index contributed by atoms with van der Waals surface area (Å²) < 4.78 is 13.6. The van der Waals surface area contributed by atoms with Crippen LogP contribution in [0.15, 0.2) is 48.7 Å². The Kier molecular flexibility index (Phi) is 3.93. The van der Waals surface area contributed by atoms with E-state index in [1.54, 1.807) is 12.1 Å². The van der Waals surface area contributed by atoms with Crippen molar-refractivity contribution in [3.8, 4) is 0 Å². The maximum atomic E-state index is 13.6. The van der Waals surface area contributed by atoms with Crippen molar-refractivity contribution in [3.05, 3.63) is 65.6 Å². The van der Waals surface area contributed by atoms with Crippen LogP contribution in [0.4, 0.5) is 10.1 Å². The number of hydrogen-bond donors (Lipinski definition) is 2. The topological polar surface area (TPSA) is 62.0 Å². The number of carbonyl (C=O) groups is 2. The SMILES string of the molecule is CCc1cccc2c(C(=O)C(=O)Nc3ccccc3F)c[nH]c12. The highest BCUT2D eigenvalue weighted by Crippen LogP contribution is 2.23. The molecular weight excluding hydrogens is 295 g/mol. The summed E-state index contributed by atoms with van der Waals surface area (Å²) in [6, 6.07) is 11.3. The zero-order valence-corrected chi connectivity index (χ0v) is 12.5. The van der Waals surface area contributed by atoms with E-state index < -0.39 is 17.5 Å². The van der Waals surface area contributed by atoms with Gasteiger partial charge in [-0.05, 0) is 24.1 Å². The van der Waals surface area contributed by atoms with Gasteiger partial charge in [0.25, 0.3) is 11.7 Å². The molecule has 0 atom stereocenters. The predicted octanol–water partition coefficient (Wildman–Crippen LogP) is 3.69. The second kappa shape index (κ2) is 6.04. The first kappa shape index (κ1) is 15.0. The smallest absolute Gasteiger partial charge is 0.296 e. The summed E-state index contributed by atoms with van der Waals surface area (Å²) in [5.74, 6) is -2.15. The van der Waals surface area contributed by atoms with E-state index in [4.69, 9.17) is 0 Å². The molecule has 0 radical (unpaired) electrons. The normalized spacial score (nSPS) is 10.7. The van der Waals surface area contributed by atoms with E-state index in [0.717, 1.165) is 17.5 Å². The molecule has 23 heavy (non-hydrogen) atoms. The van der Waals surface area contributed by atoms with E-state index in [9.17, 15) is 14.0 Å². The summed E-state index contributed by atoms with van der Waals surface area (Å²) in [4.78, 5) is 27.5. The highest BCUT2D eigenvalue weighted by atomic mass is 19.1. The third-order valence-electron chi connectivity index (χ3n) is 3.76. The minimum Gasteiger partial charge on any atom is -0.360 e. The Morgan fingerprint density at radius 1 is 1.13 bits per heavy atom. The fraction of sp³-hybridized carbons (Fsp3) is 0.111. The van der Waals surface area contributed by atoms with Gasteiger partial charge in [0.15, 0.2) is 0 Å². The van der Waals surface area contributed by atoms with E-state index in [-0.39, 0.29) is 11.3 Å². The first-order chi connectivity index (χ1) is 11.1. The summed E-state index contributed by atoms with van der Waals surface area (Å²) in [5.41, 5.74) is 2.18. The fourth-order valence-electron chi connectivity index (χ4n) is 2.56. The number of aromatic nitrogens is 1. The van der Waals surface area contributed by atoms with E-state index in [0.29, 0.717) is 5.39 Å². The van der Waals surface area contributed by atoms with Gasteiger partial charge < -0.3 is 10.3 Å². The van der Waals surface area contributed by atoms with E-state index in [2.05, 4.69) is 10.3 Å². The predicted molar refractivity (Wildman–Crippen MR) is 87.0 cm³/mol. The van der Waals surface area contributed by atoms with Gasteiger partial charge in [0.2, 0.25) is 0 Å². The van der Waals surface area contributed by atoms with Gasteiger partial charge in [-0.15, -0.1) is 0 Å². The lowest BCUT2D eigenvalue weighted by atomic mass is 10.0. The van der Waals surface area contributed by atoms with Crippen LogP contribution in [0.5, 0.6) is 0 Å². The average molecular weight is 310 g/mol. The number of ketones is 1. The van der Waals surface area contributed by atoms with E-state index >= 15 is 0 Å². The quantitative estimate of drug-likeness (QED) is 0.570. The Balaban J connectivity index is 1.92. The van der Waals surface area contributed by atoms with Crippen molar-refractivity contribution in [2.24, 2.45) is 0 Å². The lowest BCUT2D eigenvalue weighted by Crippen LogP contribution is -2.23. The van der Waals surface area contributed by atoms with Gasteiger partial charge in [-0.2, -0.15) is 0 Å². The molecule has 5 heteroatoms. The number of para-hydroxylation sites is 2. The number of rotatable bonds is 4. The number of Topliss-reactive ketones (excluding diaryl/α,β-unsaturated/α-hetero) is 1. The Bertz CT molecular complexity index is 899. The van der Waals surface area contributed by atoms with Gasteiger partial charge in [0.1, 0.15) is 5.82 Å². The molecule has 0 aliphatic rings. The second-order valence-corrected chi connectivity index (χ2v) is 5.16. The third-order valence-corrected chi connectivity index (χ3v) is 3.76. The molecule has 1 amide bonds. The minimum absolute atomic E-state index is 0.0139. The Morgan fingerprint density at radius 3 is 2.65 bits per heavy atom. The first-order valence-electron chi connectivity index (χ1n) is 7.31. The molecule has 0 aliphatic heterocycles. The molecule has 3 aromatic rings. The molecule has 116 valence electrons. The second-order valence-electron chi connectivity index (χ2n) is 5.16. The monoisotopic (exact) mass is 310 g/mol. The van der Waals surface area contributed by atoms with Crippen LogP contribution in [0.1, 0.15) is 22.8 Å². The summed E-state index contributed by atoms with van der Waals surface area (Å²) in [5, 5.41) is 3.01. The highest BCUT2D eigenvalue weighted by Gasteiger charge is 2.21. The molecule has 0 saturated carbocycles. The van der Waals surface area contributed by atoms with Crippen LogP contribution in [-0.2, 0) is 11.2 Å². The van der Waals surface area contributed by atoms with Gasteiger partial charge in [-0.1, -0.05) is 37.3 Å². The number of anilines is 1. The number of benzene rings is 2. The molecule has 3 rings (SSSR count). The highest BCUT2D eigenvalue weighted by molar-refractivity contribution is 6.48. The fourth-order valence-corrected chi connectivity index (χ4v) is 2.56. The van der Waals surface area contributed by atoms with Crippen molar-refractivity contribution < 1.29 is 14.0 Å². The van der Waals surface area contributed by atoms with Crippen molar-refractivity contribution in [3.63, 3.8) is 0 Å². The molecule has 0 bridgehead atoms. The molecule has 4 nitrogen and oxygen atoms in total. The zero-order chi connectivity index (χ0) is 16.4. The summed E-state index contributed by atoms with van der Waals surface area (Å²) in [6.07, 6.45) is 2.33. The molecule has 0 spiro atoms. The zero-order valence-electron chi connectivity index (χ0n) is 12.5. The van der Waals surface area contributed by atoms with Gasteiger partial charge in [0, 0.05) is 17.1 Å². The molecule has 2 aromatic carbocycles. The minimum atomic E-state index is -0.863. The van der Waals surface area contributed by atoms with Crippen molar-refractivity contribution in [1.82, 2.24) is 4.98 Å². The molecule has 0 fully saturated rings. The number of hydrogen-bond acceptors (Lipinski definition) is 2. The van der Waals surface area contributed by atoms with Crippen molar-refractivity contribution >= 4 is 28.3 Å². The van der Waals surface area contributed by atoms with Crippen molar-refractivity contribution in [1.29, 1.82) is 0 Å².